The molecular formula is C26H35FN2O2. The molecular weight excluding hydrogens is 391 g/mol. The second-order valence-corrected chi connectivity index (χ2v) is 8.95. The summed E-state index contributed by atoms with van der Waals surface area (Å²) in [6, 6.07) is 14.4. The van der Waals surface area contributed by atoms with Crippen molar-refractivity contribution in [1.82, 2.24) is 4.90 Å². The smallest absolute Gasteiger partial charge is 0.226 e. The third-order valence-corrected chi connectivity index (χ3v) is 6.19. The molecule has 2 N–H and O–H groups in total. The van der Waals surface area contributed by atoms with E-state index in [2.05, 4.69) is 22.3 Å². The number of hydrogen-bond donors (Lipinski definition) is 2. The maximum atomic E-state index is 13.0. The fourth-order valence-corrected chi connectivity index (χ4v) is 4.17. The van der Waals surface area contributed by atoms with Crippen LogP contribution in [0.2, 0.25) is 0 Å². The van der Waals surface area contributed by atoms with E-state index in [9.17, 15) is 14.3 Å². The summed E-state index contributed by atoms with van der Waals surface area (Å²) >= 11 is 0. The number of aliphatic hydroxyl groups is 1. The molecule has 4 nitrogen and oxygen atoms in total. The van der Waals surface area contributed by atoms with Crippen molar-refractivity contribution < 1.29 is 14.3 Å². The minimum Gasteiger partial charge on any atom is -0.388 e. The first-order valence-corrected chi connectivity index (χ1v) is 11.5. The van der Waals surface area contributed by atoms with Crippen LogP contribution in [0, 0.1) is 11.7 Å². The van der Waals surface area contributed by atoms with E-state index in [1.165, 1.54) is 17.7 Å². The molecule has 168 valence electrons. The minimum absolute atomic E-state index is 0.0244. The molecule has 3 rings (SSSR count). The van der Waals surface area contributed by atoms with E-state index in [-0.39, 0.29) is 17.6 Å². The van der Waals surface area contributed by atoms with Gasteiger partial charge in [0.15, 0.2) is 0 Å². The van der Waals surface area contributed by atoms with E-state index >= 15 is 0 Å². The van der Waals surface area contributed by atoms with Gasteiger partial charge in [-0.3, -0.25) is 4.79 Å². The zero-order valence-corrected chi connectivity index (χ0v) is 18.7. The number of carbonyl (C=O) groups is 1. The summed E-state index contributed by atoms with van der Waals surface area (Å²) in [5, 5.41) is 13.3. The van der Waals surface area contributed by atoms with Gasteiger partial charge in [0.1, 0.15) is 5.82 Å². The summed E-state index contributed by atoms with van der Waals surface area (Å²) in [4.78, 5) is 14.5. The number of unbranched alkanes of at least 4 members (excludes halogenated alkanes) is 1. The molecule has 1 saturated heterocycles. The van der Waals surface area contributed by atoms with E-state index in [0.717, 1.165) is 56.6 Å². The Labute approximate surface area is 185 Å². The van der Waals surface area contributed by atoms with Crippen molar-refractivity contribution in [2.24, 2.45) is 5.92 Å². The van der Waals surface area contributed by atoms with E-state index in [0.29, 0.717) is 12.3 Å². The van der Waals surface area contributed by atoms with Crippen LogP contribution in [0.5, 0.6) is 0 Å². The van der Waals surface area contributed by atoms with Gasteiger partial charge in [0, 0.05) is 11.6 Å². The number of piperidine rings is 1. The molecule has 2 aromatic rings. The largest absolute Gasteiger partial charge is 0.388 e. The lowest BCUT2D eigenvalue weighted by atomic mass is 9.89. The highest BCUT2D eigenvalue weighted by Gasteiger charge is 2.21. The predicted molar refractivity (Wildman–Crippen MR) is 124 cm³/mol. The van der Waals surface area contributed by atoms with Crippen LogP contribution in [0.3, 0.4) is 0 Å². The highest BCUT2D eigenvalue weighted by Crippen LogP contribution is 2.30. The zero-order chi connectivity index (χ0) is 22.2. The van der Waals surface area contributed by atoms with Crippen LogP contribution in [0.15, 0.2) is 48.5 Å². The quantitative estimate of drug-likeness (QED) is 0.520. The van der Waals surface area contributed by atoms with Gasteiger partial charge < -0.3 is 15.3 Å². The number of benzene rings is 2. The molecule has 1 aliphatic heterocycles. The second kappa shape index (κ2) is 11.4. The van der Waals surface area contributed by atoms with Crippen molar-refractivity contribution in [3.63, 3.8) is 0 Å². The standard InChI is InChI=1S/C26H35FN2O2/c1-19(2)26(31)28-24-7-5-6-22(18-24)20-13-16-29(17-14-20)15-4-3-8-25(30)21-9-11-23(27)12-10-21/h5-7,9-12,18-20,25,30H,3-4,8,13-17H2,1-2H3,(H,28,31). The van der Waals surface area contributed by atoms with Gasteiger partial charge in [-0.25, -0.2) is 4.39 Å². The van der Waals surface area contributed by atoms with Gasteiger partial charge in [-0.05, 0) is 93.0 Å². The third kappa shape index (κ3) is 7.15. The monoisotopic (exact) mass is 426 g/mol. The highest BCUT2D eigenvalue weighted by molar-refractivity contribution is 5.92. The fraction of sp³-hybridized carbons (Fsp3) is 0.500. The van der Waals surface area contributed by atoms with Crippen molar-refractivity contribution in [2.75, 3.05) is 25.0 Å². The number of aliphatic hydroxyl groups excluding tert-OH is 1. The Kier molecular flexibility index (Phi) is 8.61. The fourth-order valence-electron chi connectivity index (χ4n) is 4.17. The number of hydrogen-bond acceptors (Lipinski definition) is 3. The summed E-state index contributed by atoms with van der Waals surface area (Å²) in [7, 11) is 0. The minimum atomic E-state index is -0.519. The van der Waals surface area contributed by atoms with E-state index in [4.69, 9.17) is 0 Å². The van der Waals surface area contributed by atoms with Crippen LogP contribution in [0.1, 0.15) is 69.1 Å². The van der Waals surface area contributed by atoms with Gasteiger partial charge in [0.25, 0.3) is 0 Å². The molecule has 1 heterocycles. The first-order valence-electron chi connectivity index (χ1n) is 11.5. The summed E-state index contributed by atoms with van der Waals surface area (Å²) in [6.07, 6.45) is 4.45. The maximum Gasteiger partial charge on any atom is 0.226 e. The third-order valence-electron chi connectivity index (χ3n) is 6.19. The van der Waals surface area contributed by atoms with Crippen molar-refractivity contribution in [3.05, 3.63) is 65.5 Å². The first-order chi connectivity index (χ1) is 14.9. The number of likely N-dealkylation sites (tertiary alicyclic amines) is 1. The van der Waals surface area contributed by atoms with Gasteiger partial charge in [0.05, 0.1) is 6.10 Å². The summed E-state index contributed by atoms with van der Waals surface area (Å²) < 4.78 is 13.0. The molecule has 0 aromatic heterocycles. The molecule has 0 bridgehead atoms. The molecule has 2 aromatic carbocycles. The molecule has 1 amide bonds. The SMILES string of the molecule is CC(C)C(=O)Nc1cccc(C2CCN(CCCCC(O)c3ccc(F)cc3)CC2)c1. The number of halogens is 1. The van der Waals surface area contributed by atoms with Gasteiger partial charge in [0.2, 0.25) is 5.91 Å². The molecule has 31 heavy (non-hydrogen) atoms. The molecule has 5 heteroatoms. The lowest BCUT2D eigenvalue weighted by Crippen LogP contribution is -2.33. The number of nitrogens with zero attached hydrogens (tertiary/aromatic N) is 1. The number of rotatable bonds is 9. The zero-order valence-electron chi connectivity index (χ0n) is 18.7. The first kappa shape index (κ1) is 23.4. The van der Waals surface area contributed by atoms with Crippen LogP contribution in [0.4, 0.5) is 10.1 Å². The van der Waals surface area contributed by atoms with Crippen LogP contribution < -0.4 is 5.32 Å². The van der Waals surface area contributed by atoms with Crippen molar-refractivity contribution in [2.45, 2.75) is 58.0 Å². The average molecular weight is 427 g/mol. The Bertz CT molecular complexity index is 830. The van der Waals surface area contributed by atoms with Gasteiger partial charge in [-0.15, -0.1) is 0 Å². The lowest BCUT2D eigenvalue weighted by molar-refractivity contribution is -0.118. The van der Waals surface area contributed by atoms with E-state index < -0.39 is 6.10 Å². The lowest BCUT2D eigenvalue weighted by Gasteiger charge is -2.32. The molecule has 0 radical (unpaired) electrons. The topological polar surface area (TPSA) is 52.6 Å². The number of anilines is 1. The van der Waals surface area contributed by atoms with Crippen LogP contribution in [-0.2, 0) is 4.79 Å². The highest BCUT2D eigenvalue weighted by atomic mass is 19.1. The van der Waals surface area contributed by atoms with E-state index in [1.54, 1.807) is 12.1 Å². The number of nitrogens with one attached hydrogen (secondary N) is 1. The van der Waals surface area contributed by atoms with Gasteiger partial charge in [-0.1, -0.05) is 38.1 Å². The van der Waals surface area contributed by atoms with Crippen LogP contribution in [0.25, 0.3) is 0 Å². The van der Waals surface area contributed by atoms with Crippen molar-refractivity contribution in [1.29, 1.82) is 0 Å². The summed E-state index contributed by atoms with van der Waals surface area (Å²) in [5.41, 5.74) is 2.98. The van der Waals surface area contributed by atoms with Crippen molar-refractivity contribution >= 4 is 11.6 Å². The Morgan fingerprint density at radius 2 is 1.84 bits per heavy atom. The average Bonchev–Trinajstić information content (AvgIpc) is 2.77. The number of carbonyl (C=O) groups excluding carboxylic acids is 1. The molecule has 1 atom stereocenters. The summed E-state index contributed by atoms with van der Waals surface area (Å²) in [6.45, 7) is 7.01. The van der Waals surface area contributed by atoms with Gasteiger partial charge in [-0.2, -0.15) is 0 Å². The molecule has 0 saturated carbocycles. The molecule has 0 spiro atoms. The predicted octanol–water partition coefficient (Wildman–Crippen LogP) is 5.50. The Hall–Kier alpha value is -2.24. The van der Waals surface area contributed by atoms with Gasteiger partial charge >= 0.3 is 0 Å². The second-order valence-electron chi connectivity index (χ2n) is 8.95. The molecule has 1 unspecified atom stereocenters. The van der Waals surface area contributed by atoms with Crippen LogP contribution >= 0.6 is 0 Å². The molecule has 1 fully saturated rings. The maximum absolute atomic E-state index is 13.0. The number of amides is 1. The molecule has 0 aliphatic carbocycles. The Balaban J connectivity index is 1.38. The Morgan fingerprint density at radius 1 is 1.13 bits per heavy atom. The Morgan fingerprint density at radius 3 is 2.52 bits per heavy atom. The van der Waals surface area contributed by atoms with Crippen molar-refractivity contribution in [3.8, 4) is 0 Å². The molecule has 1 aliphatic rings. The van der Waals surface area contributed by atoms with Crippen LogP contribution in [-0.4, -0.2) is 35.5 Å². The normalized spacial score (nSPS) is 16.4. The van der Waals surface area contributed by atoms with E-state index in [1.807, 2.05) is 26.0 Å². The summed E-state index contributed by atoms with van der Waals surface area (Å²) in [5.74, 6) is 0.291.